The van der Waals surface area contributed by atoms with Crippen molar-refractivity contribution in [1.82, 2.24) is 4.72 Å². The van der Waals surface area contributed by atoms with E-state index in [0.717, 1.165) is 0 Å². The molecule has 1 aliphatic carbocycles. The van der Waals surface area contributed by atoms with Crippen molar-refractivity contribution in [3.05, 3.63) is 0 Å². The Hall–Kier alpha value is 0.310. The van der Waals surface area contributed by atoms with Crippen LogP contribution in [0.3, 0.4) is 0 Å². The average Bonchev–Trinajstić information content (AvgIpc) is 1.20. The minimum atomic E-state index is 0.657. The normalized spacial score (nSPS) is 34.3. The highest BCUT2D eigenvalue weighted by molar-refractivity contribution is 7.98. The Bertz CT molecular complexity index is 68.6. The van der Waals surface area contributed by atoms with Gasteiger partial charge in [-0.25, -0.2) is 0 Å². The van der Waals surface area contributed by atoms with E-state index < -0.39 is 0 Å². The molecule has 2 rings (SSSR count). The summed E-state index contributed by atoms with van der Waals surface area (Å²) in [7, 11) is 0. The molecule has 0 radical (unpaired) electrons. The Labute approximate surface area is 48.0 Å². The van der Waals surface area contributed by atoms with Gasteiger partial charge in [0.15, 0.2) is 0 Å². The van der Waals surface area contributed by atoms with Crippen molar-refractivity contribution in [3.8, 4) is 0 Å². The molecule has 2 fully saturated rings. The molecule has 1 saturated carbocycles. The summed E-state index contributed by atoms with van der Waals surface area (Å²) >= 11 is 1.87. The van der Waals surface area contributed by atoms with Gasteiger partial charge in [-0.15, -0.1) is 0 Å². The highest BCUT2D eigenvalue weighted by Crippen LogP contribution is 2.41. The zero-order valence-corrected chi connectivity index (χ0v) is 5.05. The largest absolute Gasteiger partial charge is 0.257 e. The smallest absolute Gasteiger partial charge is 0.0385 e. The fourth-order valence-electron chi connectivity index (χ4n) is 1.13. The van der Waals surface area contributed by atoms with Crippen LogP contribution in [0.5, 0.6) is 0 Å². The highest BCUT2D eigenvalue weighted by atomic mass is 32.2. The standard InChI is InChI=1S/C5H9NS/c1-2-5(3-1)4-7-6-5/h6H,1-4H2. The van der Waals surface area contributed by atoms with Crippen molar-refractivity contribution in [3.63, 3.8) is 0 Å². The molecule has 7 heavy (non-hydrogen) atoms. The van der Waals surface area contributed by atoms with Gasteiger partial charge in [0.25, 0.3) is 0 Å². The summed E-state index contributed by atoms with van der Waals surface area (Å²) in [5.41, 5.74) is 0.657. The number of nitrogens with one attached hydrogen (secondary N) is 1. The van der Waals surface area contributed by atoms with E-state index in [0.29, 0.717) is 5.54 Å². The fraction of sp³-hybridized carbons (Fsp3) is 1.00. The zero-order chi connectivity index (χ0) is 4.74. The van der Waals surface area contributed by atoms with Gasteiger partial charge < -0.3 is 0 Å². The van der Waals surface area contributed by atoms with Crippen LogP contribution in [0.1, 0.15) is 19.3 Å². The Morgan fingerprint density at radius 2 is 2.14 bits per heavy atom. The molecule has 0 unspecified atom stereocenters. The zero-order valence-electron chi connectivity index (χ0n) is 4.24. The molecular formula is C5H9NS. The average molecular weight is 115 g/mol. The van der Waals surface area contributed by atoms with E-state index in [1.165, 1.54) is 25.0 Å². The molecule has 1 aliphatic heterocycles. The van der Waals surface area contributed by atoms with Gasteiger partial charge in [-0.3, -0.25) is 4.72 Å². The monoisotopic (exact) mass is 115 g/mol. The molecule has 1 nitrogen and oxygen atoms in total. The van der Waals surface area contributed by atoms with Crippen LogP contribution in [0.4, 0.5) is 0 Å². The summed E-state index contributed by atoms with van der Waals surface area (Å²) in [4.78, 5) is 0. The first-order chi connectivity index (χ1) is 3.41. The molecule has 1 spiro atoms. The molecule has 2 aliphatic rings. The predicted octanol–water partition coefficient (Wildman–Crippen LogP) is 1.16. The first-order valence-electron chi connectivity index (χ1n) is 2.80. The van der Waals surface area contributed by atoms with Crippen LogP contribution in [0.2, 0.25) is 0 Å². The van der Waals surface area contributed by atoms with E-state index in [-0.39, 0.29) is 0 Å². The molecule has 0 amide bonds. The molecule has 0 aromatic rings. The lowest BCUT2D eigenvalue weighted by molar-refractivity contribution is 0.240. The van der Waals surface area contributed by atoms with Gasteiger partial charge >= 0.3 is 0 Å². The summed E-state index contributed by atoms with van der Waals surface area (Å²) in [6, 6.07) is 0. The number of hydrogen-bond donors (Lipinski definition) is 1. The van der Waals surface area contributed by atoms with Gasteiger partial charge in [0.05, 0.1) is 0 Å². The Kier molecular flexibility index (Phi) is 0.707. The van der Waals surface area contributed by atoms with Crippen LogP contribution in [0, 0.1) is 0 Å². The van der Waals surface area contributed by atoms with E-state index in [1.54, 1.807) is 0 Å². The lowest BCUT2D eigenvalue weighted by Crippen LogP contribution is -2.57. The van der Waals surface area contributed by atoms with E-state index in [1.807, 2.05) is 11.9 Å². The van der Waals surface area contributed by atoms with Crippen molar-refractivity contribution in [2.45, 2.75) is 24.8 Å². The molecule has 1 heterocycles. The second-order valence-electron chi connectivity index (χ2n) is 2.52. The van der Waals surface area contributed by atoms with Crippen LogP contribution in [-0.4, -0.2) is 11.3 Å². The first-order valence-corrected chi connectivity index (χ1v) is 3.79. The van der Waals surface area contributed by atoms with Crippen molar-refractivity contribution in [2.24, 2.45) is 0 Å². The fourth-order valence-corrected chi connectivity index (χ4v) is 2.17. The number of hydrogen-bond acceptors (Lipinski definition) is 2. The third-order valence-corrected chi connectivity index (χ3v) is 3.22. The van der Waals surface area contributed by atoms with Gasteiger partial charge in [0, 0.05) is 11.3 Å². The highest BCUT2D eigenvalue weighted by Gasteiger charge is 2.42. The Morgan fingerprint density at radius 1 is 1.43 bits per heavy atom. The molecule has 1 saturated heterocycles. The van der Waals surface area contributed by atoms with E-state index in [9.17, 15) is 0 Å². The molecule has 0 aromatic heterocycles. The second-order valence-corrected chi connectivity index (χ2v) is 3.31. The van der Waals surface area contributed by atoms with E-state index in [2.05, 4.69) is 4.72 Å². The maximum Gasteiger partial charge on any atom is 0.0385 e. The molecule has 0 aromatic carbocycles. The van der Waals surface area contributed by atoms with Crippen molar-refractivity contribution < 1.29 is 0 Å². The lowest BCUT2D eigenvalue weighted by atomic mass is 9.79. The third-order valence-electron chi connectivity index (χ3n) is 1.95. The topological polar surface area (TPSA) is 12.0 Å². The summed E-state index contributed by atoms with van der Waals surface area (Å²) in [6.45, 7) is 0. The molecule has 40 valence electrons. The third kappa shape index (κ3) is 0.441. The summed E-state index contributed by atoms with van der Waals surface area (Å²) in [5, 5.41) is 0. The van der Waals surface area contributed by atoms with Gasteiger partial charge in [0.1, 0.15) is 0 Å². The maximum atomic E-state index is 3.38. The molecule has 2 heteroatoms. The van der Waals surface area contributed by atoms with Crippen molar-refractivity contribution >= 4 is 11.9 Å². The minimum Gasteiger partial charge on any atom is -0.257 e. The summed E-state index contributed by atoms with van der Waals surface area (Å²) in [6.07, 6.45) is 4.31. The van der Waals surface area contributed by atoms with Crippen LogP contribution >= 0.6 is 11.9 Å². The quantitative estimate of drug-likeness (QED) is 0.475. The second kappa shape index (κ2) is 1.17. The summed E-state index contributed by atoms with van der Waals surface area (Å²) < 4.78 is 3.38. The van der Waals surface area contributed by atoms with Gasteiger partial charge in [-0.1, -0.05) is 11.9 Å². The van der Waals surface area contributed by atoms with Crippen LogP contribution in [0.15, 0.2) is 0 Å². The van der Waals surface area contributed by atoms with Crippen LogP contribution in [-0.2, 0) is 0 Å². The summed E-state index contributed by atoms with van der Waals surface area (Å²) in [5.74, 6) is 1.37. The first kappa shape index (κ1) is 4.21. The Balaban J connectivity index is 2.00. The minimum absolute atomic E-state index is 0.657. The van der Waals surface area contributed by atoms with Gasteiger partial charge in [0.2, 0.25) is 0 Å². The molecular weight excluding hydrogens is 106 g/mol. The molecule has 0 bridgehead atoms. The maximum absolute atomic E-state index is 3.38. The van der Waals surface area contributed by atoms with Crippen LogP contribution in [0.25, 0.3) is 0 Å². The van der Waals surface area contributed by atoms with E-state index >= 15 is 0 Å². The van der Waals surface area contributed by atoms with Gasteiger partial charge in [-0.05, 0) is 19.3 Å². The SMILES string of the molecule is C1CC2(C1)CSN2. The number of rotatable bonds is 0. The molecule has 0 atom stereocenters. The van der Waals surface area contributed by atoms with Crippen molar-refractivity contribution in [2.75, 3.05) is 5.75 Å². The van der Waals surface area contributed by atoms with Crippen molar-refractivity contribution in [1.29, 1.82) is 0 Å². The molecule has 1 N–H and O–H groups in total. The predicted molar refractivity (Wildman–Crippen MR) is 32.2 cm³/mol. The van der Waals surface area contributed by atoms with Crippen LogP contribution < -0.4 is 4.72 Å². The van der Waals surface area contributed by atoms with Gasteiger partial charge in [-0.2, -0.15) is 0 Å². The lowest BCUT2D eigenvalue weighted by Gasteiger charge is -2.49. The van der Waals surface area contributed by atoms with E-state index in [4.69, 9.17) is 0 Å². The Morgan fingerprint density at radius 3 is 2.14 bits per heavy atom.